The molecule has 0 unspecified atom stereocenters. The number of piperidine rings is 1. The minimum absolute atomic E-state index is 0.0232. The van der Waals surface area contributed by atoms with E-state index < -0.39 is 0 Å². The van der Waals surface area contributed by atoms with Crippen LogP contribution in [0.25, 0.3) is 5.69 Å². The first kappa shape index (κ1) is 20.8. The molecule has 2 heterocycles. The summed E-state index contributed by atoms with van der Waals surface area (Å²) in [6.07, 6.45) is 3.67. The number of carbonyl (C=O) groups excluding carboxylic acids is 1. The van der Waals surface area contributed by atoms with Crippen molar-refractivity contribution in [3.63, 3.8) is 0 Å². The van der Waals surface area contributed by atoms with Crippen LogP contribution in [0.5, 0.6) is 0 Å². The number of nitrogens with zero attached hydrogens (tertiary/aromatic N) is 4. The van der Waals surface area contributed by atoms with Gasteiger partial charge in [-0.05, 0) is 56.1 Å². The van der Waals surface area contributed by atoms with Gasteiger partial charge in [-0.15, -0.1) is 10.2 Å². The van der Waals surface area contributed by atoms with Crippen LogP contribution in [0.2, 0.25) is 0 Å². The summed E-state index contributed by atoms with van der Waals surface area (Å²) in [6, 6.07) is 6.32. The van der Waals surface area contributed by atoms with Crippen LogP contribution in [0.1, 0.15) is 38.9 Å². The summed E-state index contributed by atoms with van der Waals surface area (Å²) in [4.78, 5) is 14.5. The van der Waals surface area contributed by atoms with Gasteiger partial charge in [0.25, 0.3) is 0 Å². The van der Waals surface area contributed by atoms with Crippen molar-refractivity contribution in [1.82, 2.24) is 25.0 Å². The van der Waals surface area contributed by atoms with Crippen molar-refractivity contribution in [2.45, 2.75) is 44.8 Å². The van der Waals surface area contributed by atoms with E-state index >= 15 is 0 Å². The van der Waals surface area contributed by atoms with Crippen molar-refractivity contribution < 1.29 is 9.18 Å². The molecule has 152 valence electrons. The van der Waals surface area contributed by atoms with Gasteiger partial charge in [0.15, 0.2) is 11.0 Å². The van der Waals surface area contributed by atoms with Crippen molar-refractivity contribution in [3.8, 4) is 5.69 Å². The molecule has 0 spiro atoms. The van der Waals surface area contributed by atoms with Crippen LogP contribution >= 0.6 is 11.8 Å². The molecule has 1 aliphatic heterocycles. The van der Waals surface area contributed by atoms with Crippen LogP contribution in [0.15, 0.2) is 29.4 Å². The number of thioether (sulfide) groups is 1. The summed E-state index contributed by atoms with van der Waals surface area (Å²) in [6.45, 7) is 7.58. The number of benzene rings is 1. The smallest absolute Gasteiger partial charge is 0.230 e. The highest BCUT2D eigenvalue weighted by molar-refractivity contribution is 7.99. The molecule has 1 aliphatic rings. The standard InChI is InChI=1S/C20H28FN5OS/c1-15(2)12-22-19(27)14-28-20-24-23-18(13-25-10-4-3-5-11-25)26(20)17-8-6-16(21)7-9-17/h6-9,15H,3-5,10-14H2,1-2H3,(H,22,27). The fourth-order valence-corrected chi connectivity index (χ4v) is 3.96. The number of likely N-dealkylation sites (tertiary alicyclic amines) is 1. The Hall–Kier alpha value is -1.93. The summed E-state index contributed by atoms with van der Waals surface area (Å²) in [5.74, 6) is 1.20. The fraction of sp³-hybridized carbons (Fsp3) is 0.550. The van der Waals surface area contributed by atoms with E-state index in [2.05, 4.69) is 34.3 Å². The number of aromatic nitrogens is 3. The maximum absolute atomic E-state index is 13.4. The fourth-order valence-electron chi connectivity index (χ4n) is 3.16. The molecule has 0 atom stereocenters. The molecule has 8 heteroatoms. The Bertz CT molecular complexity index is 771. The van der Waals surface area contributed by atoms with Crippen LogP contribution < -0.4 is 5.32 Å². The molecule has 0 bridgehead atoms. The van der Waals surface area contributed by atoms with E-state index in [0.29, 0.717) is 24.2 Å². The molecule has 1 fully saturated rings. The van der Waals surface area contributed by atoms with E-state index in [1.807, 2.05) is 4.57 Å². The third kappa shape index (κ3) is 5.78. The Morgan fingerprint density at radius 2 is 1.89 bits per heavy atom. The van der Waals surface area contributed by atoms with Gasteiger partial charge < -0.3 is 5.32 Å². The first-order chi connectivity index (χ1) is 13.5. The molecule has 28 heavy (non-hydrogen) atoms. The zero-order valence-electron chi connectivity index (χ0n) is 16.5. The Morgan fingerprint density at radius 3 is 2.57 bits per heavy atom. The van der Waals surface area contributed by atoms with Crippen molar-refractivity contribution in [1.29, 1.82) is 0 Å². The van der Waals surface area contributed by atoms with E-state index in [-0.39, 0.29) is 17.5 Å². The summed E-state index contributed by atoms with van der Waals surface area (Å²) >= 11 is 1.35. The molecule has 0 saturated carbocycles. The highest BCUT2D eigenvalue weighted by Crippen LogP contribution is 2.24. The SMILES string of the molecule is CC(C)CNC(=O)CSc1nnc(CN2CCCCC2)n1-c1ccc(F)cc1. The van der Waals surface area contributed by atoms with Gasteiger partial charge in [-0.2, -0.15) is 0 Å². The summed E-state index contributed by atoms with van der Waals surface area (Å²) < 4.78 is 15.3. The normalized spacial score (nSPS) is 15.1. The molecule has 2 aromatic rings. The van der Waals surface area contributed by atoms with Crippen molar-refractivity contribution in [2.75, 3.05) is 25.4 Å². The molecule has 1 aromatic carbocycles. The highest BCUT2D eigenvalue weighted by atomic mass is 32.2. The zero-order chi connectivity index (χ0) is 19.9. The lowest BCUT2D eigenvalue weighted by atomic mass is 10.1. The number of carbonyl (C=O) groups is 1. The van der Waals surface area contributed by atoms with Gasteiger partial charge in [0.2, 0.25) is 5.91 Å². The first-order valence-electron chi connectivity index (χ1n) is 9.85. The van der Waals surface area contributed by atoms with Crippen LogP contribution in [0.3, 0.4) is 0 Å². The van der Waals surface area contributed by atoms with Crippen molar-refractivity contribution in [3.05, 3.63) is 35.9 Å². The van der Waals surface area contributed by atoms with Crippen LogP contribution in [0.4, 0.5) is 4.39 Å². The van der Waals surface area contributed by atoms with Gasteiger partial charge >= 0.3 is 0 Å². The van der Waals surface area contributed by atoms with Gasteiger partial charge in [-0.25, -0.2) is 4.39 Å². The second-order valence-electron chi connectivity index (χ2n) is 7.53. The van der Waals surface area contributed by atoms with Gasteiger partial charge in [0.1, 0.15) is 5.82 Å². The Labute approximate surface area is 169 Å². The molecule has 3 rings (SSSR count). The number of halogens is 1. The predicted octanol–water partition coefficient (Wildman–Crippen LogP) is 3.26. The Kier molecular flexibility index (Phi) is 7.44. The largest absolute Gasteiger partial charge is 0.355 e. The molecular formula is C20H28FN5OS. The minimum Gasteiger partial charge on any atom is -0.355 e. The number of rotatable bonds is 8. The second kappa shape index (κ2) is 10.0. The Morgan fingerprint density at radius 1 is 1.18 bits per heavy atom. The van der Waals surface area contributed by atoms with Crippen LogP contribution in [-0.4, -0.2) is 51.0 Å². The van der Waals surface area contributed by atoms with E-state index in [1.165, 1.54) is 43.2 Å². The molecule has 6 nitrogen and oxygen atoms in total. The number of nitrogens with one attached hydrogen (secondary N) is 1. The monoisotopic (exact) mass is 405 g/mol. The van der Waals surface area contributed by atoms with E-state index in [1.54, 1.807) is 12.1 Å². The molecule has 1 saturated heterocycles. The predicted molar refractivity (Wildman–Crippen MR) is 109 cm³/mol. The lowest BCUT2D eigenvalue weighted by molar-refractivity contribution is -0.118. The van der Waals surface area contributed by atoms with Crippen LogP contribution in [-0.2, 0) is 11.3 Å². The lowest BCUT2D eigenvalue weighted by Crippen LogP contribution is -2.30. The van der Waals surface area contributed by atoms with Gasteiger partial charge in [-0.3, -0.25) is 14.3 Å². The summed E-state index contributed by atoms with van der Waals surface area (Å²) in [5.41, 5.74) is 0.809. The second-order valence-corrected chi connectivity index (χ2v) is 8.48. The average Bonchev–Trinajstić information content (AvgIpc) is 3.08. The van der Waals surface area contributed by atoms with Crippen molar-refractivity contribution >= 4 is 17.7 Å². The van der Waals surface area contributed by atoms with Crippen LogP contribution in [0, 0.1) is 11.7 Å². The van der Waals surface area contributed by atoms with Gasteiger partial charge in [-0.1, -0.05) is 32.0 Å². The third-order valence-electron chi connectivity index (χ3n) is 4.64. The average molecular weight is 406 g/mol. The van der Waals surface area contributed by atoms with E-state index in [9.17, 15) is 9.18 Å². The number of hydrogen-bond donors (Lipinski definition) is 1. The van der Waals surface area contributed by atoms with Gasteiger partial charge in [0, 0.05) is 12.2 Å². The number of amides is 1. The topological polar surface area (TPSA) is 63.1 Å². The summed E-state index contributed by atoms with van der Waals surface area (Å²) in [5, 5.41) is 12.3. The maximum Gasteiger partial charge on any atom is 0.230 e. The minimum atomic E-state index is -0.281. The Balaban J connectivity index is 1.76. The van der Waals surface area contributed by atoms with E-state index in [0.717, 1.165) is 24.6 Å². The lowest BCUT2D eigenvalue weighted by Gasteiger charge is -2.26. The van der Waals surface area contributed by atoms with Gasteiger partial charge in [0.05, 0.1) is 12.3 Å². The maximum atomic E-state index is 13.4. The van der Waals surface area contributed by atoms with Crippen molar-refractivity contribution in [2.24, 2.45) is 5.92 Å². The molecule has 1 N–H and O–H groups in total. The highest BCUT2D eigenvalue weighted by Gasteiger charge is 2.19. The molecule has 0 aliphatic carbocycles. The zero-order valence-corrected chi connectivity index (χ0v) is 17.3. The summed E-state index contributed by atoms with van der Waals surface area (Å²) in [7, 11) is 0. The molecule has 0 radical (unpaired) electrons. The third-order valence-corrected chi connectivity index (χ3v) is 5.57. The molecular weight excluding hydrogens is 377 g/mol. The quantitative estimate of drug-likeness (QED) is 0.683. The molecule has 1 aromatic heterocycles. The van der Waals surface area contributed by atoms with E-state index in [4.69, 9.17) is 0 Å². The number of hydrogen-bond acceptors (Lipinski definition) is 5. The first-order valence-corrected chi connectivity index (χ1v) is 10.8. The molecule has 1 amide bonds.